The number of benzene rings is 3. The Hall–Kier alpha value is -3.90. The van der Waals surface area contributed by atoms with Crippen LogP contribution in [0.5, 0.6) is 0 Å². The molecule has 0 unspecified atom stereocenters. The second-order valence-corrected chi connectivity index (χ2v) is 8.71. The normalized spacial score (nSPS) is 21.9. The summed E-state index contributed by atoms with van der Waals surface area (Å²) in [4.78, 5) is 30.0. The van der Waals surface area contributed by atoms with Crippen molar-refractivity contribution in [1.82, 2.24) is 0 Å². The Morgan fingerprint density at radius 2 is 1.60 bits per heavy atom. The number of amides is 1. The number of carbonyl (C=O) groups excluding carboxylic acids is 2. The molecule has 3 aromatic rings. The third-order valence-corrected chi connectivity index (χ3v) is 6.37. The first-order valence-electron chi connectivity index (χ1n) is 11.7. The van der Waals surface area contributed by atoms with E-state index < -0.39 is 29.4 Å². The van der Waals surface area contributed by atoms with Crippen molar-refractivity contribution in [2.24, 2.45) is 5.92 Å². The van der Waals surface area contributed by atoms with Gasteiger partial charge in [-0.05, 0) is 42.3 Å². The fourth-order valence-electron chi connectivity index (χ4n) is 4.66. The quantitative estimate of drug-likeness (QED) is 0.408. The molecule has 6 nitrogen and oxygen atoms in total. The van der Waals surface area contributed by atoms with Crippen LogP contribution in [0.15, 0.2) is 97.1 Å². The van der Waals surface area contributed by atoms with E-state index in [1.807, 2.05) is 79.7 Å². The molecule has 0 spiro atoms. The summed E-state index contributed by atoms with van der Waals surface area (Å²) < 4.78 is 5.09. The second kappa shape index (κ2) is 10.2. The number of para-hydroxylation sites is 1. The van der Waals surface area contributed by atoms with Gasteiger partial charge in [-0.3, -0.25) is 4.79 Å². The van der Waals surface area contributed by atoms with E-state index in [2.05, 4.69) is 0 Å². The maximum Gasteiger partial charge on any atom is 0.330 e. The zero-order valence-corrected chi connectivity index (χ0v) is 20.2. The summed E-state index contributed by atoms with van der Waals surface area (Å²) >= 11 is 0. The molecule has 1 aliphatic rings. The molecular weight excluding hydrogens is 440 g/mol. The highest BCUT2D eigenvalue weighted by molar-refractivity contribution is 6.04. The molecule has 4 rings (SSSR count). The molecule has 0 aliphatic carbocycles. The van der Waals surface area contributed by atoms with Crippen molar-refractivity contribution in [1.29, 1.82) is 0 Å². The number of rotatable bonds is 7. The topological polar surface area (TPSA) is 70.1 Å². The summed E-state index contributed by atoms with van der Waals surface area (Å²) in [6, 6.07) is 25.5. The first kappa shape index (κ1) is 24.2. The number of carbonyl (C=O) groups is 2. The second-order valence-electron chi connectivity index (χ2n) is 8.71. The van der Waals surface area contributed by atoms with Gasteiger partial charge in [-0.15, -0.1) is 0 Å². The zero-order chi connectivity index (χ0) is 25.0. The summed E-state index contributed by atoms with van der Waals surface area (Å²) in [5.41, 5.74) is 1.11. The van der Waals surface area contributed by atoms with Gasteiger partial charge < -0.3 is 19.6 Å². The fraction of sp³-hybridized carbons (Fsp3) is 0.241. The lowest BCUT2D eigenvalue weighted by molar-refractivity contribution is -0.138. The molecule has 0 bridgehead atoms. The van der Waals surface area contributed by atoms with Crippen LogP contribution in [0.25, 0.3) is 0 Å². The Kier molecular flexibility index (Phi) is 7.03. The molecule has 1 heterocycles. The Morgan fingerprint density at radius 1 is 1.00 bits per heavy atom. The van der Waals surface area contributed by atoms with E-state index in [1.165, 1.54) is 6.08 Å². The molecule has 0 radical (unpaired) electrons. The molecule has 1 N–H and O–H groups in total. The molecule has 3 atom stereocenters. The van der Waals surface area contributed by atoms with Crippen LogP contribution in [0.2, 0.25) is 0 Å². The van der Waals surface area contributed by atoms with Crippen molar-refractivity contribution in [2.45, 2.75) is 18.6 Å². The molecule has 35 heavy (non-hydrogen) atoms. The maximum absolute atomic E-state index is 14.1. The molecule has 1 aliphatic heterocycles. The number of esters is 1. The van der Waals surface area contributed by atoms with Crippen molar-refractivity contribution in [3.05, 3.63) is 108 Å². The number of anilines is 2. The Balaban J connectivity index is 1.92. The van der Waals surface area contributed by atoms with E-state index in [4.69, 9.17) is 4.74 Å². The van der Waals surface area contributed by atoms with Crippen LogP contribution in [0.4, 0.5) is 11.4 Å². The van der Waals surface area contributed by atoms with Crippen LogP contribution >= 0.6 is 0 Å². The highest BCUT2D eigenvalue weighted by atomic mass is 16.5. The molecule has 3 aromatic carbocycles. The minimum absolute atomic E-state index is 0.237. The van der Waals surface area contributed by atoms with Gasteiger partial charge in [-0.1, -0.05) is 66.7 Å². The summed E-state index contributed by atoms with van der Waals surface area (Å²) in [7, 11) is 3.92. The molecule has 0 aromatic heterocycles. The van der Waals surface area contributed by atoms with Crippen molar-refractivity contribution in [2.75, 3.05) is 30.5 Å². The third kappa shape index (κ3) is 4.57. The lowest BCUT2D eigenvalue weighted by Crippen LogP contribution is -2.40. The number of aliphatic hydroxyl groups is 1. The van der Waals surface area contributed by atoms with Gasteiger partial charge in [0.1, 0.15) is 0 Å². The van der Waals surface area contributed by atoms with Crippen molar-refractivity contribution < 1.29 is 19.4 Å². The monoisotopic (exact) mass is 470 g/mol. The first-order valence-corrected chi connectivity index (χ1v) is 11.7. The number of ether oxygens (including phenoxy) is 1. The summed E-state index contributed by atoms with van der Waals surface area (Å²) in [6.45, 7) is 1.97. The van der Waals surface area contributed by atoms with Crippen LogP contribution in [0.1, 0.15) is 24.1 Å². The largest absolute Gasteiger partial charge is 0.463 e. The van der Waals surface area contributed by atoms with Gasteiger partial charge in [0.05, 0.1) is 12.6 Å². The highest BCUT2D eigenvalue weighted by Crippen LogP contribution is 2.51. The predicted octanol–water partition coefficient (Wildman–Crippen LogP) is 4.46. The molecule has 0 saturated carbocycles. The van der Waals surface area contributed by atoms with Gasteiger partial charge >= 0.3 is 5.97 Å². The van der Waals surface area contributed by atoms with E-state index in [1.54, 1.807) is 42.2 Å². The smallest absolute Gasteiger partial charge is 0.330 e. The van der Waals surface area contributed by atoms with E-state index >= 15 is 0 Å². The van der Waals surface area contributed by atoms with Crippen LogP contribution in [0.3, 0.4) is 0 Å². The zero-order valence-electron chi connectivity index (χ0n) is 20.2. The number of nitrogens with zero attached hydrogens (tertiary/aromatic N) is 2. The minimum atomic E-state index is -1.88. The van der Waals surface area contributed by atoms with Gasteiger partial charge in [0, 0.05) is 37.5 Å². The Bertz CT molecular complexity index is 1190. The lowest BCUT2D eigenvalue weighted by Gasteiger charge is -2.29. The Labute approximate surface area is 206 Å². The van der Waals surface area contributed by atoms with Crippen molar-refractivity contribution in [3.63, 3.8) is 0 Å². The van der Waals surface area contributed by atoms with E-state index in [0.29, 0.717) is 11.3 Å². The third-order valence-electron chi connectivity index (χ3n) is 6.37. The van der Waals surface area contributed by atoms with Crippen LogP contribution in [0, 0.1) is 5.92 Å². The average molecular weight is 471 g/mol. The van der Waals surface area contributed by atoms with Crippen LogP contribution in [-0.2, 0) is 19.9 Å². The van der Waals surface area contributed by atoms with Crippen LogP contribution in [-0.4, -0.2) is 37.7 Å². The van der Waals surface area contributed by atoms with Gasteiger partial charge in [0.2, 0.25) is 0 Å². The number of hydrogen-bond acceptors (Lipinski definition) is 5. The lowest BCUT2D eigenvalue weighted by atomic mass is 9.78. The van der Waals surface area contributed by atoms with Gasteiger partial charge in [0.25, 0.3) is 5.91 Å². The SMILES string of the molecule is CCOC(=O)/C=C/[C@@H]1[C@@H](c2ccc(N(C)C)cc2)N(c2ccccc2)C(=O)[C@]1(O)c1ccccc1. The predicted molar refractivity (Wildman–Crippen MR) is 137 cm³/mol. The van der Waals surface area contributed by atoms with Crippen molar-refractivity contribution >= 4 is 23.3 Å². The maximum atomic E-state index is 14.1. The van der Waals surface area contributed by atoms with E-state index in [0.717, 1.165) is 11.3 Å². The molecular formula is C29H30N2O4. The van der Waals surface area contributed by atoms with Crippen molar-refractivity contribution in [3.8, 4) is 0 Å². The average Bonchev–Trinajstić information content (AvgIpc) is 3.11. The fourth-order valence-corrected chi connectivity index (χ4v) is 4.66. The summed E-state index contributed by atoms with van der Waals surface area (Å²) in [6.07, 6.45) is 2.92. The van der Waals surface area contributed by atoms with Gasteiger partial charge in [-0.2, -0.15) is 0 Å². The Morgan fingerprint density at radius 3 is 2.17 bits per heavy atom. The highest BCUT2D eigenvalue weighted by Gasteiger charge is 2.59. The molecule has 6 heteroatoms. The summed E-state index contributed by atoms with van der Waals surface area (Å²) in [5, 5.41) is 12.1. The summed E-state index contributed by atoms with van der Waals surface area (Å²) in [5.74, 6) is -1.72. The van der Waals surface area contributed by atoms with Gasteiger partial charge in [-0.25, -0.2) is 4.79 Å². The number of hydrogen-bond donors (Lipinski definition) is 1. The molecule has 1 fully saturated rings. The van der Waals surface area contributed by atoms with Crippen LogP contribution < -0.4 is 9.80 Å². The molecule has 1 saturated heterocycles. The first-order chi connectivity index (χ1) is 16.9. The standard InChI is InChI=1S/C29H30N2O4/c1-4-35-26(32)20-19-25-27(21-15-17-23(18-16-21)30(2)3)31(24-13-9-6-10-14-24)28(33)29(25,34)22-11-7-5-8-12-22/h5-20,25,27,34H,4H2,1-3H3/b20-19+/t25-,27-,29+/m1/s1. The van der Waals surface area contributed by atoms with E-state index in [-0.39, 0.29) is 6.61 Å². The molecule has 1 amide bonds. The van der Waals surface area contributed by atoms with E-state index in [9.17, 15) is 14.7 Å². The molecule has 180 valence electrons. The minimum Gasteiger partial charge on any atom is -0.463 e. The van der Waals surface area contributed by atoms with Gasteiger partial charge in [0.15, 0.2) is 5.60 Å².